The minimum atomic E-state index is -0.484. The minimum Gasteiger partial charge on any atom is -0.465 e. The zero-order valence-electron chi connectivity index (χ0n) is 14.5. The first-order valence-electron chi connectivity index (χ1n) is 8.23. The van der Waals surface area contributed by atoms with E-state index < -0.39 is 6.04 Å². The standard InChI is InChI=1S/C20H17F2N3O2/c1-13-19(20(24-11-23-13)14-2-4-15(21)5-3-14)18(10-27-12-26)25-17-8-6-16(22)7-9-17/h2-9,11-12,18,25H,10H2,1H3. The van der Waals surface area contributed by atoms with Gasteiger partial charge in [-0.2, -0.15) is 0 Å². The van der Waals surface area contributed by atoms with Gasteiger partial charge < -0.3 is 10.1 Å². The number of rotatable bonds is 7. The summed E-state index contributed by atoms with van der Waals surface area (Å²) in [6, 6.07) is 11.3. The van der Waals surface area contributed by atoms with Gasteiger partial charge in [-0.25, -0.2) is 18.7 Å². The van der Waals surface area contributed by atoms with Gasteiger partial charge in [-0.1, -0.05) is 0 Å². The molecule has 0 bridgehead atoms. The lowest BCUT2D eigenvalue weighted by atomic mass is 9.98. The third-order valence-electron chi connectivity index (χ3n) is 4.07. The predicted molar refractivity (Wildman–Crippen MR) is 96.9 cm³/mol. The zero-order chi connectivity index (χ0) is 19.2. The molecule has 0 aliphatic heterocycles. The van der Waals surface area contributed by atoms with Crippen molar-refractivity contribution in [2.75, 3.05) is 11.9 Å². The molecule has 0 saturated heterocycles. The van der Waals surface area contributed by atoms with E-state index >= 15 is 0 Å². The molecular weight excluding hydrogens is 352 g/mol. The second kappa shape index (κ2) is 8.35. The summed E-state index contributed by atoms with van der Waals surface area (Å²) in [4.78, 5) is 19.3. The van der Waals surface area contributed by atoms with Crippen molar-refractivity contribution in [1.82, 2.24) is 9.97 Å². The van der Waals surface area contributed by atoms with E-state index in [2.05, 4.69) is 15.3 Å². The Kier molecular flexibility index (Phi) is 5.71. The molecule has 0 radical (unpaired) electrons. The van der Waals surface area contributed by atoms with Crippen LogP contribution >= 0.6 is 0 Å². The molecule has 1 unspecified atom stereocenters. The first-order valence-corrected chi connectivity index (χ1v) is 8.23. The van der Waals surface area contributed by atoms with Crippen molar-refractivity contribution < 1.29 is 18.3 Å². The molecule has 1 atom stereocenters. The maximum absolute atomic E-state index is 13.3. The number of carbonyl (C=O) groups excluding carboxylic acids is 1. The average molecular weight is 369 g/mol. The van der Waals surface area contributed by atoms with Crippen LogP contribution in [0.2, 0.25) is 0 Å². The lowest BCUT2D eigenvalue weighted by molar-refractivity contribution is -0.129. The van der Waals surface area contributed by atoms with Crippen LogP contribution in [-0.4, -0.2) is 23.0 Å². The van der Waals surface area contributed by atoms with E-state index in [-0.39, 0.29) is 18.2 Å². The highest BCUT2D eigenvalue weighted by molar-refractivity contribution is 5.65. The molecule has 7 heteroatoms. The summed E-state index contributed by atoms with van der Waals surface area (Å²) in [7, 11) is 0. The van der Waals surface area contributed by atoms with E-state index in [0.717, 1.165) is 0 Å². The van der Waals surface area contributed by atoms with E-state index in [9.17, 15) is 13.6 Å². The lowest BCUT2D eigenvalue weighted by Gasteiger charge is -2.23. The van der Waals surface area contributed by atoms with E-state index in [1.165, 1.54) is 30.6 Å². The van der Waals surface area contributed by atoms with Gasteiger partial charge in [-0.05, 0) is 55.5 Å². The van der Waals surface area contributed by atoms with Gasteiger partial charge in [-0.15, -0.1) is 0 Å². The van der Waals surface area contributed by atoms with Crippen molar-refractivity contribution in [1.29, 1.82) is 0 Å². The number of nitrogens with one attached hydrogen (secondary N) is 1. The summed E-state index contributed by atoms with van der Waals surface area (Å²) >= 11 is 0. The molecule has 0 fully saturated rings. The molecular formula is C20H17F2N3O2. The highest BCUT2D eigenvalue weighted by atomic mass is 19.1. The fourth-order valence-corrected chi connectivity index (χ4v) is 2.82. The van der Waals surface area contributed by atoms with Crippen LogP contribution in [0, 0.1) is 18.6 Å². The molecule has 27 heavy (non-hydrogen) atoms. The molecule has 0 aliphatic carbocycles. The highest BCUT2D eigenvalue weighted by Crippen LogP contribution is 2.30. The monoisotopic (exact) mass is 369 g/mol. The maximum atomic E-state index is 13.3. The first-order chi connectivity index (χ1) is 13.1. The van der Waals surface area contributed by atoms with Gasteiger partial charge in [-0.3, -0.25) is 4.79 Å². The number of anilines is 1. The third kappa shape index (κ3) is 4.44. The van der Waals surface area contributed by atoms with Gasteiger partial charge in [0.15, 0.2) is 0 Å². The molecule has 0 amide bonds. The lowest BCUT2D eigenvalue weighted by Crippen LogP contribution is -2.20. The van der Waals surface area contributed by atoms with Crippen LogP contribution in [0.4, 0.5) is 14.5 Å². The average Bonchev–Trinajstić information content (AvgIpc) is 2.67. The Labute approximate surface area is 155 Å². The predicted octanol–water partition coefficient (Wildman–Crippen LogP) is 4.06. The number of ether oxygens (including phenoxy) is 1. The van der Waals surface area contributed by atoms with Crippen LogP contribution in [-0.2, 0) is 9.53 Å². The molecule has 0 saturated carbocycles. The third-order valence-corrected chi connectivity index (χ3v) is 4.07. The molecule has 2 aromatic carbocycles. The SMILES string of the molecule is Cc1ncnc(-c2ccc(F)cc2)c1C(COC=O)Nc1ccc(F)cc1. The summed E-state index contributed by atoms with van der Waals surface area (Å²) in [5.74, 6) is -0.705. The van der Waals surface area contributed by atoms with Crippen molar-refractivity contribution in [3.8, 4) is 11.3 Å². The molecule has 0 spiro atoms. The molecule has 1 aromatic heterocycles. The van der Waals surface area contributed by atoms with Gasteiger partial charge in [0, 0.05) is 22.5 Å². The second-order valence-corrected chi connectivity index (χ2v) is 5.86. The summed E-state index contributed by atoms with van der Waals surface area (Å²) in [6.07, 6.45) is 1.42. The Morgan fingerprint density at radius 1 is 1.04 bits per heavy atom. The first kappa shape index (κ1) is 18.4. The Bertz CT molecular complexity index is 916. The van der Waals surface area contributed by atoms with Gasteiger partial charge in [0.25, 0.3) is 6.47 Å². The maximum Gasteiger partial charge on any atom is 0.293 e. The van der Waals surface area contributed by atoms with Crippen LogP contribution in [0.1, 0.15) is 17.3 Å². The molecule has 5 nitrogen and oxygen atoms in total. The van der Waals surface area contributed by atoms with E-state index in [0.29, 0.717) is 34.7 Å². The van der Waals surface area contributed by atoms with Crippen molar-refractivity contribution >= 4 is 12.2 Å². The van der Waals surface area contributed by atoms with Crippen LogP contribution in [0.3, 0.4) is 0 Å². The van der Waals surface area contributed by atoms with Crippen LogP contribution in [0.25, 0.3) is 11.3 Å². The van der Waals surface area contributed by atoms with Crippen LogP contribution in [0.5, 0.6) is 0 Å². The topological polar surface area (TPSA) is 64.1 Å². The number of aromatic nitrogens is 2. The highest BCUT2D eigenvalue weighted by Gasteiger charge is 2.21. The second-order valence-electron chi connectivity index (χ2n) is 5.86. The summed E-state index contributed by atoms with van der Waals surface area (Å²) in [5.41, 5.74) is 3.32. The Hall–Kier alpha value is -3.35. The Morgan fingerprint density at radius 2 is 1.67 bits per heavy atom. The molecule has 1 N–H and O–H groups in total. The Morgan fingerprint density at radius 3 is 2.30 bits per heavy atom. The molecule has 1 heterocycles. The number of carbonyl (C=O) groups is 1. The van der Waals surface area contributed by atoms with Crippen LogP contribution < -0.4 is 5.32 Å². The van der Waals surface area contributed by atoms with Gasteiger partial charge in [0.1, 0.15) is 24.6 Å². The van der Waals surface area contributed by atoms with E-state index in [1.807, 2.05) is 6.92 Å². The smallest absolute Gasteiger partial charge is 0.293 e. The zero-order valence-corrected chi connectivity index (χ0v) is 14.5. The van der Waals surface area contributed by atoms with Crippen LogP contribution in [0.15, 0.2) is 54.9 Å². The largest absolute Gasteiger partial charge is 0.465 e. The number of hydrogen-bond acceptors (Lipinski definition) is 5. The normalized spacial score (nSPS) is 11.7. The quantitative estimate of drug-likeness (QED) is 0.637. The minimum absolute atomic E-state index is 0.0171. The number of nitrogens with zero attached hydrogens (tertiary/aromatic N) is 2. The van der Waals surface area contributed by atoms with Gasteiger partial charge in [0.05, 0.1) is 11.7 Å². The summed E-state index contributed by atoms with van der Waals surface area (Å²) in [6.45, 7) is 2.18. The molecule has 138 valence electrons. The molecule has 0 aliphatic rings. The number of halogens is 2. The van der Waals surface area contributed by atoms with Crippen molar-refractivity contribution in [2.45, 2.75) is 13.0 Å². The number of aryl methyl sites for hydroxylation is 1. The van der Waals surface area contributed by atoms with E-state index in [1.54, 1.807) is 24.3 Å². The fraction of sp³-hybridized carbons (Fsp3) is 0.150. The number of hydrogen-bond donors (Lipinski definition) is 1. The van der Waals surface area contributed by atoms with E-state index in [4.69, 9.17) is 4.74 Å². The van der Waals surface area contributed by atoms with Gasteiger partial charge in [0.2, 0.25) is 0 Å². The molecule has 3 aromatic rings. The summed E-state index contributed by atoms with van der Waals surface area (Å²) in [5, 5.41) is 3.22. The van der Waals surface area contributed by atoms with Gasteiger partial charge >= 0.3 is 0 Å². The van der Waals surface area contributed by atoms with Crippen molar-refractivity contribution in [2.24, 2.45) is 0 Å². The summed E-state index contributed by atoms with van der Waals surface area (Å²) < 4.78 is 31.5. The Balaban J connectivity index is 2.03. The fourth-order valence-electron chi connectivity index (χ4n) is 2.82. The molecule has 3 rings (SSSR count). The number of benzene rings is 2. The van der Waals surface area contributed by atoms with Crippen molar-refractivity contribution in [3.63, 3.8) is 0 Å². The van der Waals surface area contributed by atoms with Crippen molar-refractivity contribution in [3.05, 3.63) is 77.8 Å².